The second-order valence-corrected chi connectivity index (χ2v) is 5.30. The van der Waals surface area contributed by atoms with Crippen LogP contribution in [0.15, 0.2) is 23.8 Å². The molecular weight excluding hydrogens is 274 g/mol. The number of nitrogen functional groups attached to an aromatic ring is 1. The number of hydrazine groups is 1. The van der Waals surface area contributed by atoms with Gasteiger partial charge in [-0.3, -0.25) is 10.1 Å². The van der Waals surface area contributed by atoms with Crippen LogP contribution in [0.2, 0.25) is 0 Å². The Bertz CT molecular complexity index is 717. The standard InChI is InChI=1S/C12H15N7S/c1-8-6-15-19(7-8)4-3-14-11-10-9(2-5-20-10)16-12(17-11)18-13/h2,5-7H,3-4,13H2,1H3,(H2,14,16,17,18). The Morgan fingerprint density at radius 2 is 2.30 bits per heavy atom. The van der Waals surface area contributed by atoms with Gasteiger partial charge < -0.3 is 5.32 Å². The highest BCUT2D eigenvalue weighted by Gasteiger charge is 2.08. The summed E-state index contributed by atoms with van der Waals surface area (Å²) < 4.78 is 2.93. The Morgan fingerprint density at radius 3 is 3.05 bits per heavy atom. The maximum Gasteiger partial charge on any atom is 0.239 e. The summed E-state index contributed by atoms with van der Waals surface area (Å²) in [4.78, 5) is 8.64. The number of rotatable bonds is 5. The molecule has 0 radical (unpaired) electrons. The molecule has 8 heteroatoms. The van der Waals surface area contributed by atoms with E-state index in [0.29, 0.717) is 5.95 Å². The smallest absolute Gasteiger partial charge is 0.239 e. The van der Waals surface area contributed by atoms with Crippen LogP contribution in [0.25, 0.3) is 10.2 Å². The fraction of sp³-hybridized carbons (Fsp3) is 0.250. The molecule has 0 unspecified atom stereocenters. The van der Waals surface area contributed by atoms with Crippen molar-refractivity contribution in [3.8, 4) is 0 Å². The molecule has 3 aromatic heterocycles. The Hall–Kier alpha value is -2.19. The molecule has 3 rings (SSSR count). The van der Waals surface area contributed by atoms with Crippen molar-refractivity contribution < 1.29 is 0 Å². The Labute approximate surface area is 119 Å². The number of hydrogen-bond donors (Lipinski definition) is 3. The first-order valence-corrected chi connectivity index (χ1v) is 7.09. The van der Waals surface area contributed by atoms with Crippen LogP contribution >= 0.6 is 11.3 Å². The van der Waals surface area contributed by atoms with Crippen molar-refractivity contribution in [3.63, 3.8) is 0 Å². The lowest BCUT2D eigenvalue weighted by Gasteiger charge is -2.08. The van der Waals surface area contributed by atoms with Crippen molar-refractivity contribution in [2.45, 2.75) is 13.5 Å². The van der Waals surface area contributed by atoms with E-state index >= 15 is 0 Å². The van der Waals surface area contributed by atoms with Crippen LogP contribution < -0.4 is 16.6 Å². The summed E-state index contributed by atoms with van der Waals surface area (Å²) in [7, 11) is 0. The molecule has 0 saturated carbocycles. The van der Waals surface area contributed by atoms with E-state index in [2.05, 4.69) is 25.8 Å². The van der Waals surface area contributed by atoms with Gasteiger partial charge in [0, 0.05) is 12.7 Å². The minimum atomic E-state index is 0.410. The SMILES string of the molecule is Cc1cnn(CCNc2nc(NN)nc3ccsc23)c1. The summed E-state index contributed by atoms with van der Waals surface area (Å²) >= 11 is 1.60. The molecule has 0 saturated heterocycles. The van der Waals surface area contributed by atoms with Gasteiger partial charge in [0.15, 0.2) is 0 Å². The lowest BCUT2D eigenvalue weighted by molar-refractivity contribution is 0.637. The Kier molecular flexibility index (Phi) is 3.48. The lowest BCUT2D eigenvalue weighted by atomic mass is 10.4. The van der Waals surface area contributed by atoms with E-state index in [1.165, 1.54) is 0 Å². The molecule has 7 nitrogen and oxygen atoms in total. The van der Waals surface area contributed by atoms with Crippen LogP contribution in [-0.2, 0) is 6.54 Å². The predicted molar refractivity (Wildman–Crippen MR) is 80.7 cm³/mol. The number of hydrogen-bond acceptors (Lipinski definition) is 7. The third-order valence-electron chi connectivity index (χ3n) is 2.83. The van der Waals surface area contributed by atoms with Crippen molar-refractivity contribution in [2.75, 3.05) is 17.3 Å². The molecule has 3 aromatic rings. The summed E-state index contributed by atoms with van der Waals surface area (Å²) in [6.07, 6.45) is 3.86. The van der Waals surface area contributed by atoms with E-state index in [4.69, 9.17) is 5.84 Å². The monoisotopic (exact) mass is 289 g/mol. The fourth-order valence-corrected chi connectivity index (χ4v) is 2.72. The molecule has 0 aliphatic carbocycles. The fourth-order valence-electron chi connectivity index (χ4n) is 1.93. The van der Waals surface area contributed by atoms with Crippen LogP contribution in [0.4, 0.5) is 11.8 Å². The van der Waals surface area contributed by atoms with Gasteiger partial charge in [0.2, 0.25) is 5.95 Å². The number of nitrogens with zero attached hydrogens (tertiary/aromatic N) is 4. The number of aromatic nitrogens is 4. The number of nitrogens with one attached hydrogen (secondary N) is 2. The van der Waals surface area contributed by atoms with Crippen LogP contribution in [0, 0.1) is 6.92 Å². The molecule has 4 N–H and O–H groups in total. The zero-order chi connectivity index (χ0) is 13.9. The summed E-state index contributed by atoms with van der Waals surface area (Å²) in [5.74, 6) is 6.59. The van der Waals surface area contributed by atoms with Crippen LogP contribution in [0.3, 0.4) is 0 Å². The molecule has 0 aliphatic heterocycles. The van der Waals surface area contributed by atoms with Gasteiger partial charge in [-0.1, -0.05) is 0 Å². The topological polar surface area (TPSA) is 93.7 Å². The van der Waals surface area contributed by atoms with Crippen molar-refractivity contribution >= 4 is 33.3 Å². The van der Waals surface area contributed by atoms with E-state index in [-0.39, 0.29) is 0 Å². The average molecular weight is 289 g/mol. The van der Waals surface area contributed by atoms with Crippen molar-refractivity contribution in [1.82, 2.24) is 19.7 Å². The number of fused-ring (bicyclic) bond motifs is 1. The Morgan fingerprint density at radius 1 is 1.40 bits per heavy atom. The van der Waals surface area contributed by atoms with Gasteiger partial charge in [-0.2, -0.15) is 10.1 Å². The molecule has 0 atom stereocenters. The summed E-state index contributed by atoms with van der Waals surface area (Å²) in [5.41, 5.74) is 4.53. The maximum atomic E-state index is 5.39. The third kappa shape index (κ3) is 2.56. The molecule has 0 aromatic carbocycles. The normalized spacial score (nSPS) is 10.9. The van der Waals surface area contributed by atoms with E-state index in [0.717, 1.165) is 34.7 Å². The van der Waals surface area contributed by atoms with Crippen molar-refractivity contribution in [3.05, 3.63) is 29.4 Å². The average Bonchev–Trinajstić information content (AvgIpc) is 3.07. The maximum absolute atomic E-state index is 5.39. The van der Waals surface area contributed by atoms with Crippen LogP contribution in [-0.4, -0.2) is 26.3 Å². The minimum absolute atomic E-state index is 0.410. The molecule has 104 valence electrons. The van der Waals surface area contributed by atoms with E-state index in [9.17, 15) is 0 Å². The highest BCUT2D eigenvalue weighted by molar-refractivity contribution is 7.17. The predicted octanol–water partition coefficient (Wildman–Crippen LogP) is 1.59. The first kappa shape index (κ1) is 12.8. The quantitative estimate of drug-likeness (QED) is 0.488. The second-order valence-electron chi connectivity index (χ2n) is 4.38. The number of nitrogens with two attached hydrogens (primary N) is 1. The first-order valence-electron chi connectivity index (χ1n) is 6.21. The van der Waals surface area contributed by atoms with Crippen molar-refractivity contribution in [1.29, 1.82) is 0 Å². The second kappa shape index (κ2) is 5.43. The number of anilines is 2. The largest absolute Gasteiger partial charge is 0.367 e. The molecule has 0 spiro atoms. The van der Waals surface area contributed by atoms with Crippen LogP contribution in [0.1, 0.15) is 5.56 Å². The molecule has 0 fully saturated rings. The van der Waals surface area contributed by atoms with Crippen LogP contribution in [0.5, 0.6) is 0 Å². The highest BCUT2D eigenvalue weighted by atomic mass is 32.1. The highest BCUT2D eigenvalue weighted by Crippen LogP contribution is 2.26. The van der Waals surface area contributed by atoms with Gasteiger partial charge in [0.05, 0.1) is 23.0 Å². The Balaban J connectivity index is 1.74. The van der Waals surface area contributed by atoms with Gasteiger partial charge in [-0.25, -0.2) is 10.8 Å². The van der Waals surface area contributed by atoms with Gasteiger partial charge in [-0.15, -0.1) is 11.3 Å². The molecule has 0 bridgehead atoms. The third-order valence-corrected chi connectivity index (χ3v) is 3.74. The zero-order valence-electron chi connectivity index (χ0n) is 11.0. The first-order chi connectivity index (χ1) is 9.76. The summed E-state index contributed by atoms with van der Waals surface area (Å²) in [6.45, 7) is 3.53. The van der Waals surface area contributed by atoms with Gasteiger partial charge >= 0.3 is 0 Å². The molecule has 20 heavy (non-hydrogen) atoms. The van der Waals surface area contributed by atoms with Crippen molar-refractivity contribution in [2.24, 2.45) is 5.84 Å². The zero-order valence-corrected chi connectivity index (χ0v) is 11.8. The van der Waals surface area contributed by atoms with Gasteiger partial charge in [0.1, 0.15) is 5.82 Å². The molecular formula is C12H15N7S. The summed E-state index contributed by atoms with van der Waals surface area (Å²) in [5, 5.41) is 9.54. The van der Waals surface area contributed by atoms with Gasteiger partial charge in [-0.05, 0) is 23.9 Å². The van der Waals surface area contributed by atoms with E-state index in [1.54, 1.807) is 11.3 Å². The molecule has 3 heterocycles. The minimum Gasteiger partial charge on any atom is -0.367 e. The molecule has 0 aliphatic rings. The number of aryl methyl sites for hydroxylation is 1. The van der Waals surface area contributed by atoms with E-state index in [1.807, 2.05) is 35.4 Å². The summed E-state index contributed by atoms with van der Waals surface area (Å²) in [6, 6.07) is 1.95. The lowest BCUT2D eigenvalue weighted by Crippen LogP contribution is -2.14. The molecule has 0 amide bonds. The van der Waals surface area contributed by atoms with Gasteiger partial charge in [0.25, 0.3) is 0 Å². The number of thiophene rings is 1. The van der Waals surface area contributed by atoms with E-state index < -0.39 is 0 Å².